The molecule has 0 radical (unpaired) electrons. The molecule has 1 saturated heterocycles. The highest BCUT2D eigenvalue weighted by Gasteiger charge is 2.50. The van der Waals surface area contributed by atoms with Gasteiger partial charge in [-0.15, -0.1) is 0 Å². The number of aromatic nitrogens is 3. The van der Waals surface area contributed by atoms with E-state index in [1.54, 1.807) is 0 Å². The summed E-state index contributed by atoms with van der Waals surface area (Å²) in [6.07, 6.45) is 16.3. The van der Waals surface area contributed by atoms with Gasteiger partial charge in [-0.25, -0.2) is 4.98 Å². The Kier molecular flexibility index (Phi) is 4.37. The Bertz CT molecular complexity index is 853. The van der Waals surface area contributed by atoms with Crippen LogP contribution < -0.4 is 4.90 Å². The molecule has 7 rings (SSSR count). The van der Waals surface area contributed by atoms with Gasteiger partial charge in [0.25, 0.3) is 0 Å². The smallest absolute Gasteiger partial charge is 0.157 e. The summed E-state index contributed by atoms with van der Waals surface area (Å²) in [6.45, 7) is 1.31. The molecule has 5 nitrogen and oxygen atoms in total. The first-order chi connectivity index (χ1) is 14.2. The molecule has 156 valence electrons. The summed E-state index contributed by atoms with van der Waals surface area (Å²) in [6, 6.07) is 4.77. The number of hydrogen-bond acceptors (Lipinski definition) is 4. The molecular formula is C24H34N4O. The molecule has 4 saturated carbocycles. The highest BCUT2D eigenvalue weighted by atomic mass is 16.3. The third-order valence-corrected chi connectivity index (χ3v) is 8.49. The molecule has 5 fully saturated rings. The molecule has 1 aliphatic heterocycles. The first kappa shape index (κ1) is 18.2. The van der Waals surface area contributed by atoms with Crippen molar-refractivity contribution in [3.05, 3.63) is 24.0 Å². The summed E-state index contributed by atoms with van der Waals surface area (Å²) in [5.41, 5.74) is 2.73. The summed E-state index contributed by atoms with van der Waals surface area (Å²) < 4.78 is 2.09. The minimum absolute atomic E-state index is 0.256. The van der Waals surface area contributed by atoms with E-state index in [1.807, 2.05) is 6.20 Å². The van der Waals surface area contributed by atoms with Crippen molar-refractivity contribution in [2.24, 2.45) is 23.2 Å². The monoisotopic (exact) mass is 394 g/mol. The van der Waals surface area contributed by atoms with Crippen molar-refractivity contribution in [2.45, 2.75) is 76.7 Å². The van der Waals surface area contributed by atoms with Crippen LogP contribution in [0.5, 0.6) is 0 Å². The molecule has 29 heavy (non-hydrogen) atoms. The number of aliphatic hydroxyl groups is 1. The lowest BCUT2D eigenvalue weighted by Gasteiger charge is -2.56. The van der Waals surface area contributed by atoms with Crippen molar-refractivity contribution in [1.29, 1.82) is 0 Å². The average molecular weight is 395 g/mol. The minimum Gasteiger partial charge on any atom is -0.396 e. The van der Waals surface area contributed by atoms with E-state index in [0.717, 1.165) is 55.0 Å². The van der Waals surface area contributed by atoms with Crippen molar-refractivity contribution in [2.75, 3.05) is 18.1 Å². The molecule has 0 aromatic carbocycles. The van der Waals surface area contributed by atoms with Crippen LogP contribution in [0.4, 0.5) is 5.82 Å². The number of aliphatic hydroxyl groups excluding tert-OH is 1. The van der Waals surface area contributed by atoms with Crippen LogP contribution in [0, 0.1) is 23.2 Å². The average Bonchev–Trinajstić information content (AvgIpc) is 3.09. The summed E-state index contributed by atoms with van der Waals surface area (Å²) in [7, 11) is 0. The minimum atomic E-state index is 0.256. The summed E-state index contributed by atoms with van der Waals surface area (Å²) in [5.74, 6) is 4.11. The largest absolute Gasteiger partial charge is 0.396 e. The van der Waals surface area contributed by atoms with Crippen LogP contribution in [-0.2, 0) is 6.42 Å². The molecule has 1 N–H and O–H groups in total. The molecule has 0 spiro atoms. The van der Waals surface area contributed by atoms with Gasteiger partial charge < -0.3 is 10.0 Å². The number of hydrogen-bond donors (Lipinski definition) is 1. The van der Waals surface area contributed by atoms with Gasteiger partial charge in [-0.05, 0) is 99.9 Å². The highest BCUT2D eigenvalue weighted by molar-refractivity contribution is 5.51. The standard InChI is InChI=1S/C24H34N4O/c29-8-5-21-3-1-2-7-27(21)23-4-6-25-22-12-20(26-28(22)23)16-24-13-17-9-18(14-24)11-19(10-17)15-24/h4,6,12,17-19,21,29H,1-3,5,7-11,13-16H2. The van der Waals surface area contributed by atoms with Gasteiger partial charge in [0, 0.05) is 31.5 Å². The van der Waals surface area contributed by atoms with E-state index in [-0.39, 0.29) is 6.61 Å². The fourth-order valence-corrected chi connectivity index (χ4v) is 7.88. The van der Waals surface area contributed by atoms with Crippen LogP contribution in [0.1, 0.15) is 69.9 Å². The van der Waals surface area contributed by atoms with Crippen molar-refractivity contribution in [1.82, 2.24) is 14.6 Å². The van der Waals surface area contributed by atoms with E-state index in [4.69, 9.17) is 5.10 Å². The molecule has 0 amide bonds. The Morgan fingerprint density at radius 2 is 1.83 bits per heavy atom. The van der Waals surface area contributed by atoms with Crippen LogP contribution in [0.25, 0.3) is 5.65 Å². The van der Waals surface area contributed by atoms with Gasteiger partial charge in [-0.1, -0.05) is 0 Å². The maximum Gasteiger partial charge on any atom is 0.157 e. The van der Waals surface area contributed by atoms with Crippen LogP contribution in [-0.4, -0.2) is 38.9 Å². The first-order valence-corrected chi connectivity index (χ1v) is 11.9. The second-order valence-corrected chi connectivity index (χ2v) is 10.7. The molecule has 1 unspecified atom stereocenters. The number of nitrogens with zero attached hydrogens (tertiary/aromatic N) is 4. The third kappa shape index (κ3) is 3.17. The van der Waals surface area contributed by atoms with Crippen LogP contribution >= 0.6 is 0 Å². The number of rotatable bonds is 5. The number of piperidine rings is 1. The van der Waals surface area contributed by atoms with Gasteiger partial charge in [0.15, 0.2) is 5.65 Å². The molecule has 3 heterocycles. The lowest BCUT2D eigenvalue weighted by atomic mass is 9.48. The van der Waals surface area contributed by atoms with Crippen LogP contribution in [0.15, 0.2) is 18.3 Å². The zero-order valence-corrected chi connectivity index (χ0v) is 17.5. The summed E-state index contributed by atoms with van der Waals surface area (Å²) >= 11 is 0. The molecule has 5 heteroatoms. The van der Waals surface area contributed by atoms with Gasteiger partial charge in [0.2, 0.25) is 0 Å². The second kappa shape index (κ2) is 6.97. The predicted octanol–water partition coefficient (Wildman–Crippen LogP) is 4.23. The SMILES string of the molecule is OCCC1CCCCN1c1ccnc2cc(CC34CC5CC(CC(C5)C3)C4)nn12. The van der Waals surface area contributed by atoms with Gasteiger partial charge >= 0.3 is 0 Å². The van der Waals surface area contributed by atoms with Crippen LogP contribution in [0.2, 0.25) is 0 Å². The van der Waals surface area contributed by atoms with Crippen molar-refractivity contribution in [3.63, 3.8) is 0 Å². The van der Waals surface area contributed by atoms with Gasteiger partial charge in [0.1, 0.15) is 5.82 Å². The first-order valence-electron chi connectivity index (χ1n) is 11.9. The zero-order chi connectivity index (χ0) is 19.4. The maximum atomic E-state index is 9.53. The molecular weight excluding hydrogens is 360 g/mol. The van der Waals surface area contributed by atoms with Crippen molar-refractivity contribution < 1.29 is 5.11 Å². The lowest BCUT2D eigenvalue weighted by Crippen LogP contribution is -2.47. The summed E-state index contributed by atoms with van der Waals surface area (Å²) in [4.78, 5) is 7.12. The Morgan fingerprint density at radius 1 is 1.07 bits per heavy atom. The van der Waals surface area contributed by atoms with Gasteiger partial charge in [0.05, 0.1) is 5.69 Å². The van der Waals surface area contributed by atoms with E-state index in [0.29, 0.717) is 11.5 Å². The molecule has 4 aliphatic carbocycles. The maximum absolute atomic E-state index is 9.53. The van der Waals surface area contributed by atoms with E-state index >= 15 is 0 Å². The molecule has 4 bridgehead atoms. The Labute approximate surface area is 173 Å². The number of anilines is 1. The second-order valence-electron chi connectivity index (χ2n) is 10.7. The zero-order valence-electron chi connectivity index (χ0n) is 17.5. The third-order valence-electron chi connectivity index (χ3n) is 8.49. The van der Waals surface area contributed by atoms with E-state index in [9.17, 15) is 5.11 Å². The van der Waals surface area contributed by atoms with Gasteiger partial charge in [-0.2, -0.15) is 9.61 Å². The van der Waals surface area contributed by atoms with E-state index in [2.05, 4.69) is 26.5 Å². The Balaban J connectivity index is 1.31. The fourth-order valence-electron chi connectivity index (χ4n) is 7.88. The molecule has 5 aliphatic rings. The quantitative estimate of drug-likeness (QED) is 0.825. The van der Waals surface area contributed by atoms with Crippen molar-refractivity contribution >= 4 is 11.5 Å². The lowest BCUT2D eigenvalue weighted by molar-refractivity contribution is -0.0526. The normalized spacial score (nSPS) is 36.2. The molecule has 2 aromatic rings. The topological polar surface area (TPSA) is 53.7 Å². The Morgan fingerprint density at radius 3 is 2.55 bits per heavy atom. The summed E-state index contributed by atoms with van der Waals surface area (Å²) in [5, 5.41) is 14.6. The van der Waals surface area contributed by atoms with E-state index in [1.165, 1.54) is 57.1 Å². The van der Waals surface area contributed by atoms with Crippen LogP contribution in [0.3, 0.4) is 0 Å². The Hall–Kier alpha value is -1.62. The van der Waals surface area contributed by atoms with E-state index < -0.39 is 0 Å². The number of fused-ring (bicyclic) bond motifs is 1. The van der Waals surface area contributed by atoms with Gasteiger partial charge in [-0.3, -0.25) is 0 Å². The predicted molar refractivity (Wildman–Crippen MR) is 114 cm³/mol. The highest BCUT2D eigenvalue weighted by Crippen LogP contribution is 2.61. The fraction of sp³-hybridized carbons (Fsp3) is 0.750. The molecule has 2 aromatic heterocycles. The van der Waals surface area contributed by atoms with Crippen molar-refractivity contribution in [3.8, 4) is 0 Å². The molecule has 1 atom stereocenters.